The lowest BCUT2D eigenvalue weighted by Gasteiger charge is -1.74. The molecule has 0 heterocycles. The van der Waals surface area contributed by atoms with Crippen molar-refractivity contribution in [1.82, 2.24) is 0 Å². The maximum absolute atomic E-state index is 11.6. The Morgan fingerprint density at radius 1 is 2.00 bits per heavy atom. The van der Waals surface area contributed by atoms with Crippen LogP contribution in [-0.4, -0.2) is 10.8 Å². The summed E-state index contributed by atoms with van der Waals surface area (Å²) in [5, 5.41) is 0. The molecule has 7 heavy (non-hydrogen) atoms. The molecule has 4 heteroatoms. The molecule has 1 N–H and O–H groups in total. The summed E-state index contributed by atoms with van der Waals surface area (Å²) in [6, 6.07) is 0. The fourth-order valence-corrected chi connectivity index (χ4v) is 0.271. The highest BCUT2D eigenvalue weighted by molar-refractivity contribution is 7.38. The van der Waals surface area contributed by atoms with Crippen LogP contribution in [0.15, 0.2) is 12.7 Å². The third-order valence-corrected chi connectivity index (χ3v) is 1.04. The summed E-state index contributed by atoms with van der Waals surface area (Å²) in [6.07, 6.45) is 0.790. The van der Waals surface area contributed by atoms with E-state index in [1.807, 2.05) is 0 Å². The number of allylic oxidation sites excluding steroid dienone is 1. The highest BCUT2D eigenvalue weighted by Gasteiger charge is 2.22. The molecule has 0 aromatic rings. The van der Waals surface area contributed by atoms with Gasteiger partial charge in [0.25, 0.3) is 0 Å². The van der Waals surface area contributed by atoms with E-state index in [0.717, 1.165) is 6.08 Å². The van der Waals surface area contributed by atoms with Crippen molar-refractivity contribution in [2.45, 2.75) is 5.91 Å². The number of rotatable bonds is 2. The Kier molecular flexibility index (Phi) is 2.72. The molecule has 0 saturated heterocycles. The molecule has 40 valence electrons. The maximum Gasteiger partial charge on any atom is 0.547 e. The van der Waals surface area contributed by atoms with Crippen molar-refractivity contribution in [2.24, 2.45) is 0 Å². The van der Waals surface area contributed by atoms with E-state index in [2.05, 4.69) is 6.58 Å². The molecule has 2 nitrogen and oxygen atoms in total. The predicted octanol–water partition coefficient (Wildman–Crippen LogP) is 1.20. The van der Waals surface area contributed by atoms with Crippen LogP contribution in [0.2, 0.25) is 0 Å². The summed E-state index contributed by atoms with van der Waals surface area (Å²) in [4.78, 5) is 7.88. The van der Waals surface area contributed by atoms with Crippen LogP contribution in [0.3, 0.4) is 0 Å². The van der Waals surface area contributed by atoms with E-state index in [9.17, 15) is 8.96 Å². The molecule has 0 aliphatic rings. The molecule has 0 amide bonds. The Morgan fingerprint density at radius 2 is 2.43 bits per heavy atom. The van der Waals surface area contributed by atoms with Crippen molar-refractivity contribution in [2.75, 3.05) is 0 Å². The Bertz CT molecular complexity index is 92.9. The Labute approximate surface area is 41.5 Å². The molecule has 0 aliphatic carbocycles. The van der Waals surface area contributed by atoms with Crippen LogP contribution in [0.5, 0.6) is 0 Å². The van der Waals surface area contributed by atoms with Gasteiger partial charge in [-0.15, -0.1) is 0 Å². The van der Waals surface area contributed by atoms with E-state index in [1.165, 1.54) is 0 Å². The smallest absolute Gasteiger partial charge is 0.183 e. The van der Waals surface area contributed by atoms with Gasteiger partial charge in [-0.3, -0.25) is 0 Å². The van der Waals surface area contributed by atoms with Gasteiger partial charge >= 0.3 is 13.9 Å². The van der Waals surface area contributed by atoms with Gasteiger partial charge in [-0.1, -0.05) is 6.58 Å². The van der Waals surface area contributed by atoms with Crippen molar-refractivity contribution in [1.29, 1.82) is 0 Å². The van der Waals surface area contributed by atoms with E-state index >= 15 is 0 Å². The van der Waals surface area contributed by atoms with E-state index in [-0.39, 0.29) is 0 Å². The number of alkyl halides is 1. The molecule has 2 unspecified atom stereocenters. The molecular weight excluding hydrogens is 118 g/mol. The van der Waals surface area contributed by atoms with Crippen molar-refractivity contribution in [3.63, 3.8) is 0 Å². The van der Waals surface area contributed by atoms with Gasteiger partial charge < -0.3 is 0 Å². The Morgan fingerprint density at radius 3 is 2.43 bits per heavy atom. The molecule has 0 saturated carbocycles. The average molecular weight is 123 g/mol. The molecule has 0 rings (SSSR count). The lowest BCUT2D eigenvalue weighted by atomic mass is 10.7. The lowest BCUT2D eigenvalue weighted by Crippen LogP contribution is -1.81. The monoisotopic (exact) mass is 123 g/mol. The van der Waals surface area contributed by atoms with Gasteiger partial charge in [0.1, 0.15) is 0 Å². The van der Waals surface area contributed by atoms with E-state index in [0.29, 0.717) is 0 Å². The first-order chi connectivity index (χ1) is 3.18. The third kappa shape index (κ3) is 2.43. The molecule has 0 bridgehead atoms. The fraction of sp³-hybridized carbons (Fsp3) is 0.333. The summed E-state index contributed by atoms with van der Waals surface area (Å²) in [5.74, 6) is -1.77. The molecule has 0 spiro atoms. The number of hydrogen-bond donors (Lipinski definition) is 1. The van der Waals surface area contributed by atoms with Gasteiger partial charge in [0, 0.05) is 0 Å². The second-order valence-electron chi connectivity index (χ2n) is 0.911. The first-order valence-electron chi connectivity index (χ1n) is 1.60. The SMILES string of the molecule is C=CC(F)[P+](=O)O. The zero-order valence-electron chi connectivity index (χ0n) is 3.54. The molecule has 0 fully saturated rings. The zero-order chi connectivity index (χ0) is 5.86. The van der Waals surface area contributed by atoms with Crippen molar-refractivity contribution >= 4 is 8.03 Å². The van der Waals surface area contributed by atoms with Crippen molar-refractivity contribution in [3.8, 4) is 0 Å². The summed E-state index contributed by atoms with van der Waals surface area (Å²) < 4.78 is 21.2. The molecule has 0 aromatic heterocycles. The fourth-order valence-electron chi connectivity index (χ4n) is 0.0902. The number of hydrogen-bond acceptors (Lipinski definition) is 1. The van der Waals surface area contributed by atoms with Crippen LogP contribution in [-0.2, 0) is 4.57 Å². The molecular formula is C3H5FO2P+. The molecule has 0 aromatic carbocycles. The van der Waals surface area contributed by atoms with E-state index < -0.39 is 13.9 Å². The summed E-state index contributed by atoms with van der Waals surface area (Å²) >= 11 is 0. The third-order valence-electron chi connectivity index (χ3n) is 0.406. The quantitative estimate of drug-likeness (QED) is 0.442. The minimum atomic E-state index is -2.70. The Balaban J connectivity index is 3.55. The zero-order valence-corrected chi connectivity index (χ0v) is 4.44. The predicted molar refractivity (Wildman–Crippen MR) is 24.9 cm³/mol. The summed E-state index contributed by atoms with van der Waals surface area (Å²) in [7, 11) is -2.70. The van der Waals surface area contributed by atoms with Crippen LogP contribution in [0.4, 0.5) is 4.39 Å². The van der Waals surface area contributed by atoms with Gasteiger partial charge in [-0.05, 0) is 10.6 Å². The van der Waals surface area contributed by atoms with Crippen LogP contribution in [0.25, 0.3) is 0 Å². The van der Waals surface area contributed by atoms with Gasteiger partial charge in [0.05, 0.1) is 0 Å². The summed E-state index contributed by atoms with van der Waals surface area (Å²) in [6.45, 7) is 2.96. The summed E-state index contributed by atoms with van der Waals surface area (Å²) in [5.41, 5.74) is 0. The molecule has 2 atom stereocenters. The standard InChI is InChI=1S/C3H4FO2P/c1-2-3(4)7(5)6/h2-3H,1H2/p+1. The minimum absolute atomic E-state index is 0.790. The van der Waals surface area contributed by atoms with Crippen molar-refractivity contribution < 1.29 is 13.8 Å². The first-order valence-corrected chi connectivity index (χ1v) is 2.88. The van der Waals surface area contributed by atoms with E-state index in [4.69, 9.17) is 4.89 Å². The average Bonchev–Trinajstić information content (AvgIpc) is 1.65. The number of halogens is 1. The van der Waals surface area contributed by atoms with Crippen LogP contribution in [0, 0.1) is 0 Å². The highest BCUT2D eigenvalue weighted by Crippen LogP contribution is 2.23. The minimum Gasteiger partial charge on any atom is -0.183 e. The Hall–Kier alpha value is -0.270. The van der Waals surface area contributed by atoms with Crippen molar-refractivity contribution in [3.05, 3.63) is 12.7 Å². The lowest BCUT2D eigenvalue weighted by molar-refractivity contribution is 0.428. The second kappa shape index (κ2) is 2.83. The van der Waals surface area contributed by atoms with Gasteiger partial charge in [0.15, 0.2) is 0 Å². The maximum atomic E-state index is 11.6. The molecule has 0 aliphatic heterocycles. The van der Waals surface area contributed by atoms with Crippen LogP contribution >= 0.6 is 8.03 Å². The van der Waals surface area contributed by atoms with E-state index in [1.54, 1.807) is 0 Å². The van der Waals surface area contributed by atoms with Crippen LogP contribution in [0.1, 0.15) is 0 Å². The second-order valence-corrected chi connectivity index (χ2v) is 2.01. The first kappa shape index (κ1) is 6.73. The topological polar surface area (TPSA) is 37.3 Å². The van der Waals surface area contributed by atoms with Gasteiger partial charge in [0.2, 0.25) is 0 Å². The highest BCUT2D eigenvalue weighted by atomic mass is 31.1. The van der Waals surface area contributed by atoms with Gasteiger partial charge in [-0.2, -0.15) is 9.28 Å². The van der Waals surface area contributed by atoms with Gasteiger partial charge in [-0.25, -0.2) is 0 Å². The normalized spacial score (nSPS) is 15.4. The largest absolute Gasteiger partial charge is 0.547 e. The molecule has 0 radical (unpaired) electrons. The van der Waals surface area contributed by atoms with Crippen LogP contribution < -0.4 is 0 Å².